The minimum absolute atomic E-state index is 0.857. The van der Waals surface area contributed by atoms with Crippen molar-refractivity contribution in [3.8, 4) is 32.8 Å². The van der Waals surface area contributed by atoms with E-state index in [0.29, 0.717) is 0 Å². The van der Waals surface area contributed by atoms with Crippen molar-refractivity contribution in [2.45, 2.75) is 0 Å². The van der Waals surface area contributed by atoms with Gasteiger partial charge in [-0.1, -0.05) is 140 Å². The lowest BCUT2D eigenvalue weighted by Crippen LogP contribution is -2.11. The molecule has 258 valence electrons. The van der Waals surface area contributed by atoms with Crippen molar-refractivity contribution in [3.63, 3.8) is 0 Å². The van der Waals surface area contributed by atoms with Crippen LogP contribution < -0.4 is 4.90 Å². The third-order valence-corrected chi connectivity index (χ3v) is 11.8. The Bertz CT molecular complexity index is 3200. The lowest BCUT2D eigenvalue weighted by atomic mass is 9.93. The molecule has 2 aromatic heterocycles. The van der Waals surface area contributed by atoms with Crippen molar-refractivity contribution in [2.75, 3.05) is 4.90 Å². The summed E-state index contributed by atoms with van der Waals surface area (Å²) < 4.78 is 7.64. The molecule has 55 heavy (non-hydrogen) atoms. The summed E-state index contributed by atoms with van der Waals surface area (Å²) in [6.45, 7) is 0. The summed E-state index contributed by atoms with van der Waals surface area (Å²) in [6, 6.07) is 69.2. The zero-order valence-corrected chi connectivity index (χ0v) is 30.5. The number of rotatable bonds is 6. The van der Waals surface area contributed by atoms with Crippen LogP contribution in [0.4, 0.5) is 17.1 Å². The highest BCUT2D eigenvalue weighted by Gasteiger charge is 2.21. The van der Waals surface area contributed by atoms with E-state index in [9.17, 15) is 0 Å². The Balaban J connectivity index is 1.11. The van der Waals surface area contributed by atoms with E-state index in [1.54, 1.807) is 11.3 Å². The second-order valence-electron chi connectivity index (χ2n) is 13.9. The first-order valence-electron chi connectivity index (χ1n) is 18.5. The number of anilines is 3. The molecule has 0 aliphatic heterocycles. The molecule has 0 amide bonds. The normalized spacial score (nSPS) is 11.6. The van der Waals surface area contributed by atoms with E-state index in [2.05, 4.69) is 193 Å². The average Bonchev–Trinajstić information content (AvgIpc) is 3.86. The number of thiazole rings is 1. The SMILES string of the molecule is c1ccc(-c2nc3ccc4oc5ccc(N(c6ccc(-c7cc8ccccc8c8ccccc78)cc6)c6ccccc6-c6ccccc6)cc5c4c3s2)cc1. The smallest absolute Gasteiger partial charge is 0.137 e. The van der Waals surface area contributed by atoms with Crippen LogP contribution in [0.2, 0.25) is 0 Å². The van der Waals surface area contributed by atoms with Gasteiger partial charge in [0.15, 0.2) is 0 Å². The molecule has 0 aliphatic rings. The average molecular weight is 721 g/mol. The Kier molecular flexibility index (Phi) is 7.35. The summed E-state index contributed by atoms with van der Waals surface area (Å²) in [5.74, 6) is 0. The second-order valence-corrected chi connectivity index (χ2v) is 14.9. The van der Waals surface area contributed by atoms with E-state index in [0.717, 1.165) is 70.9 Å². The molecule has 11 rings (SSSR count). The van der Waals surface area contributed by atoms with Gasteiger partial charge in [-0.25, -0.2) is 4.98 Å². The number of furan rings is 1. The van der Waals surface area contributed by atoms with Crippen LogP contribution in [0.1, 0.15) is 0 Å². The molecule has 11 aromatic rings. The van der Waals surface area contributed by atoms with Gasteiger partial charge in [-0.05, 0) is 92.8 Å². The first kappa shape index (κ1) is 31.5. The van der Waals surface area contributed by atoms with E-state index in [1.165, 1.54) is 32.7 Å². The zero-order valence-electron chi connectivity index (χ0n) is 29.7. The van der Waals surface area contributed by atoms with Gasteiger partial charge >= 0.3 is 0 Å². The summed E-state index contributed by atoms with van der Waals surface area (Å²) in [5.41, 5.74) is 11.8. The molecule has 0 N–H and O–H groups in total. The lowest BCUT2D eigenvalue weighted by molar-refractivity contribution is 0.669. The maximum atomic E-state index is 6.51. The first-order valence-corrected chi connectivity index (χ1v) is 19.4. The van der Waals surface area contributed by atoms with Crippen LogP contribution in [0.15, 0.2) is 199 Å². The van der Waals surface area contributed by atoms with Crippen LogP contribution >= 0.6 is 11.3 Å². The van der Waals surface area contributed by atoms with E-state index >= 15 is 0 Å². The van der Waals surface area contributed by atoms with Crippen molar-refractivity contribution in [3.05, 3.63) is 194 Å². The van der Waals surface area contributed by atoms with E-state index in [4.69, 9.17) is 9.40 Å². The van der Waals surface area contributed by atoms with Crippen LogP contribution in [0.3, 0.4) is 0 Å². The number of para-hydroxylation sites is 1. The molecule has 0 saturated heterocycles. The van der Waals surface area contributed by atoms with Crippen LogP contribution in [0.5, 0.6) is 0 Å². The number of benzene rings is 9. The van der Waals surface area contributed by atoms with E-state index in [-0.39, 0.29) is 0 Å². The molecule has 0 saturated carbocycles. The predicted molar refractivity (Wildman–Crippen MR) is 233 cm³/mol. The van der Waals surface area contributed by atoms with Crippen LogP contribution in [-0.2, 0) is 0 Å². The number of aromatic nitrogens is 1. The third-order valence-electron chi connectivity index (χ3n) is 10.7. The van der Waals surface area contributed by atoms with Crippen LogP contribution in [-0.4, -0.2) is 4.98 Å². The highest BCUT2D eigenvalue weighted by atomic mass is 32.1. The molecule has 0 radical (unpaired) electrons. The van der Waals surface area contributed by atoms with Gasteiger partial charge in [0.05, 0.1) is 15.9 Å². The Labute approximate surface area is 322 Å². The highest BCUT2D eigenvalue weighted by Crippen LogP contribution is 2.46. The third kappa shape index (κ3) is 5.30. The minimum Gasteiger partial charge on any atom is -0.456 e. The number of fused-ring (bicyclic) bond motifs is 8. The molecular formula is C51H32N2OS. The van der Waals surface area contributed by atoms with Crippen molar-refractivity contribution in [1.29, 1.82) is 0 Å². The fourth-order valence-electron chi connectivity index (χ4n) is 8.12. The summed E-state index contributed by atoms with van der Waals surface area (Å²) in [5, 5.41) is 8.21. The lowest BCUT2D eigenvalue weighted by Gasteiger charge is -2.28. The van der Waals surface area contributed by atoms with E-state index in [1.807, 2.05) is 6.07 Å². The molecular weight excluding hydrogens is 689 g/mol. The molecule has 0 fully saturated rings. The first-order chi connectivity index (χ1) is 27.3. The number of hydrogen-bond donors (Lipinski definition) is 0. The van der Waals surface area contributed by atoms with Gasteiger partial charge in [-0.2, -0.15) is 0 Å². The molecule has 9 aromatic carbocycles. The van der Waals surface area contributed by atoms with Gasteiger partial charge in [0.25, 0.3) is 0 Å². The number of hydrogen-bond acceptors (Lipinski definition) is 4. The fourth-order valence-corrected chi connectivity index (χ4v) is 9.24. The Morgan fingerprint density at radius 3 is 1.89 bits per heavy atom. The van der Waals surface area contributed by atoms with E-state index < -0.39 is 0 Å². The Morgan fingerprint density at radius 1 is 0.436 bits per heavy atom. The van der Waals surface area contributed by atoms with Gasteiger partial charge in [-0.3, -0.25) is 0 Å². The highest BCUT2D eigenvalue weighted by molar-refractivity contribution is 7.22. The second kappa shape index (κ2) is 12.8. The predicted octanol–water partition coefficient (Wildman–Crippen LogP) is 15.0. The van der Waals surface area contributed by atoms with Crippen molar-refractivity contribution in [2.24, 2.45) is 0 Å². The van der Waals surface area contributed by atoms with Gasteiger partial charge in [0.1, 0.15) is 16.2 Å². The van der Waals surface area contributed by atoms with Crippen molar-refractivity contribution >= 4 is 82.1 Å². The minimum atomic E-state index is 0.857. The molecule has 0 spiro atoms. The zero-order chi connectivity index (χ0) is 36.3. The van der Waals surface area contributed by atoms with Gasteiger partial charge in [0.2, 0.25) is 0 Å². The molecule has 0 bridgehead atoms. The largest absolute Gasteiger partial charge is 0.456 e. The van der Waals surface area contributed by atoms with Gasteiger partial charge in [-0.15, -0.1) is 11.3 Å². The van der Waals surface area contributed by atoms with Gasteiger partial charge < -0.3 is 9.32 Å². The Hall–Kier alpha value is -7.01. The molecule has 4 heteroatoms. The molecule has 2 heterocycles. The molecule has 3 nitrogen and oxygen atoms in total. The summed E-state index contributed by atoms with van der Waals surface area (Å²) in [7, 11) is 0. The van der Waals surface area contributed by atoms with Crippen molar-refractivity contribution in [1.82, 2.24) is 4.98 Å². The fraction of sp³-hybridized carbons (Fsp3) is 0. The maximum Gasteiger partial charge on any atom is 0.137 e. The standard InChI is InChI=1S/C51H32N2OS/c1-3-13-33(14-4-1)40-19-11-12-22-46(40)53(37-25-23-34(24-26-37)43-31-36-17-7-8-18-39(36)41-20-9-10-21-42(41)43)38-27-29-47-44(32-38)49-48(54-47)30-28-45-50(49)55-51(52-45)35-15-5-2-6-16-35/h1-32H. The van der Waals surface area contributed by atoms with Crippen LogP contribution in [0.25, 0.3) is 86.5 Å². The monoisotopic (exact) mass is 720 g/mol. The van der Waals surface area contributed by atoms with Gasteiger partial charge in [0, 0.05) is 33.3 Å². The molecule has 0 aliphatic carbocycles. The van der Waals surface area contributed by atoms with Crippen molar-refractivity contribution < 1.29 is 4.42 Å². The maximum absolute atomic E-state index is 6.51. The molecule has 0 atom stereocenters. The Morgan fingerprint density at radius 2 is 1.07 bits per heavy atom. The summed E-state index contributed by atoms with van der Waals surface area (Å²) in [6.07, 6.45) is 0. The number of nitrogens with zero attached hydrogens (tertiary/aromatic N) is 2. The van der Waals surface area contributed by atoms with Crippen LogP contribution in [0, 0.1) is 0 Å². The molecule has 0 unspecified atom stereocenters. The summed E-state index contributed by atoms with van der Waals surface area (Å²) in [4.78, 5) is 7.43. The quantitative estimate of drug-likeness (QED) is 0.160. The topological polar surface area (TPSA) is 29.3 Å². The summed E-state index contributed by atoms with van der Waals surface area (Å²) >= 11 is 1.72.